The number of benzene rings is 1. The number of nitrogens with zero attached hydrogens (tertiary/aromatic N) is 1. The van der Waals surface area contributed by atoms with E-state index in [1.54, 1.807) is 0 Å². The van der Waals surface area contributed by atoms with E-state index in [9.17, 15) is 36.1 Å². The maximum absolute atomic E-state index is 10.6. The minimum atomic E-state index is -5.10. The van der Waals surface area contributed by atoms with E-state index in [4.69, 9.17) is 0 Å². The van der Waals surface area contributed by atoms with Crippen molar-refractivity contribution in [2.75, 3.05) is 0 Å². The first-order valence-electron chi connectivity index (χ1n) is 3.73. The summed E-state index contributed by atoms with van der Waals surface area (Å²) >= 11 is 0. The third-order valence-electron chi connectivity index (χ3n) is 1.65. The number of rotatable bonds is 3. The Morgan fingerprint density at radius 1 is 0.842 bits per heavy atom. The summed E-state index contributed by atoms with van der Waals surface area (Å²) in [6.07, 6.45) is 0. The van der Waals surface area contributed by atoms with Gasteiger partial charge in [-0.25, -0.2) is 16.8 Å². The van der Waals surface area contributed by atoms with E-state index in [1.165, 1.54) is 0 Å². The summed E-state index contributed by atoms with van der Waals surface area (Å²) in [5.74, 6) is 0. The van der Waals surface area contributed by atoms with Crippen molar-refractivity contribution in [3.63, 3.8) is 0 Å². The molecule has 94 valence electrons. The predicted octanol–water partition coefficient (Wildman–Crippen LogP) is -6.59. The summed E-state index contributed by atoms with van der Waals surface area (Å²) in [5, 5.41) is 10.4. The Morgan fingerprint density at radius 3 is 1.37 bits per heavy atom. The first-order valence-corrected chi connectivity index (χ1v) is 6.55. The molecule has 19 heavy (non-hydrogen) atoms. The molecule has 0 bridgehead atoms. The minimum Gasteiger partial charge on any atom is -0.744 e. The van der Waals surface area contributed by atoms with Gasteiger partial charge in [-0.05, 0) is 6.07 Å². The second kappa shape index (κ2) is 7.45. The molecule has 1 aromatic carbocycles. The Labute approximate surface area is 152 Å². The zero-order valence-electron chi connectivity index (χ0n) is 9.76. The van der Waals surface area contributed by atoms with Crippen LogP contribution < -0.4 is 59.1 Å². The van der Waals surface area contributed by atoms with Crippen LogP contribution in [0.3, 0.4) is 0 Å². The second-order valence-electron chi connectivity index (χ2n) is 2.83. The van der Waals surface area contributed by atoms with E-state index >= 15 is 0 Å². The second-order valence-corrected chi connectivity index (χ2v) is 5.59. The Kier molecular flexibility index (Phi) is 8.52. The standard InChI is InChI=1S/C6H5NO8S2.2Na/c8-7(9)4-1-5(16(10,11)12)3-6(2-4)17(13,14)15;;/h1-3H,(H,10,11,12)(H,13,14,15);;/q;2*+1/p-2. The molecule has 13 heteroatoms. The number of non-ortho nitro benzene ring substituents is 1. The average molecular weight is 327 g/mol. The van der Waals surface area contributed by atoms with Crippen LogP contribution in [0.1, 0.15) is 0 Å². The summed E-state index contributed by atoms with van der Waals surface area (Å²) < 4.78 is 63.7. The molecule has 0 atom stereocenters. The van der Waals surface area contributed by atoms with E-state index in [-0.39, 0.29) is 65.2 Å². The molecule has 0 spiro atoms. The number of nitro groups is 1. The zero-order valence-corrected chi connectivity index (χ0v) is 15.4. The van der Waals surface area contributed by atoms with Crippen LogP contribution in [0.15, 0.2) is 28.0 Å². The first kappa shape index (κ1) is 21.7. The summed E-state index contributed by atoms with van der Waals surface area (Å²) in [5.41, 5.74) is -0.976. The molecule has 0 amide bonds. The molecule has 0 radical (unpaired) electrons. The van der Waals surface area contributed by atoms with Gasteiger partial charge in [0.15, 0.2) is 0 Å². The third kappa shape index (κ3) is 6.16. The summed E-state index contributed by atoms with van der Waals surface area (Å²) in [6, 6.07) is 1.02. The van der Waals surface area contributed by atoms with Gasteiger partial charge < -0.3 is 9.11 Å². The largest absolute Gasteiger partial charge is 1.00 e. The van der Waals surface area contributed by atoms with E-state index in [0.717, 1.165) is 0 Å². The fourth-order valence-corrected chi connectivity index (χ4v) is 2.10. The van der Waals surface area contributed by atoms with E-state index in [2.05, 4.69) is 0 Å². The average Bonchev–Trinajstić information content (AvgIpc) is 2.14. The van der Waals surface area contributed by atoms with Crippen molar-refractivity contribution in [1.82, 2.24) is 0 Å². The molecule has 1 rings (SSSR count). The molecule has 0 unspecified atom stereocenters. The van der Waals surface area contributed by atoms with Crippen LogP contribution in [0.25, 0.3) is 0 Å². The van der Waals surface area contributed by atoms with Gasteiger partial charge in [0.25, 0.3) is 5.69 Å². The molecule has 0 aliphatic carbocycles. The van der Waals surface area contributed by atoms with Crippen LogP contribution >= 0.6 is 0 Å². The molecular weight excluding hydrogens is 324 g/mol. The molecule has 0 aliphatic rings. The maximum Gasteiger partial charge on any atom is 1.00 e. The monoisotopic (exact) mass is 327 g/mol. The van der Waals surface area contributed by atoms with Crippen molar-refractivity contribution in [2.45, 2.75) is 9.79 Å². The van der Waals surface area contributed by atoms with Gasteiger partial charge in [0.2, 0.25) is 0 Å². The summed E-state index contributed by atoms with van der Waals surface area (Å²) in [4.78, 5) is 6.95. The van der Waals surface area contributed by atoms with Gasteiger partial charge in [-0.2, -0.15) is 0 Å². The number of hydrogen-bond donors (Lipinski definition) is 0. The molecule has 0 aliphatic heterocycles. The van der Waals surface area contributed by atoms with Crippen molar-refractivity contribution in [3.8, 4) is 0 Å². The van der Waals surface area contributed by atoms with Crippen molar-refractivity contribution < 1.29 is 90.0 Å². The van der Waals surface area contributed by atoms with E-state index in [0.29, 0.717) is 12.1 Å². The Bertz CT molecular complexity index is 633. The molecule has 0 N–H and O–H groups in total. The normalized spacial score (nSPS) is 11.1. The molecule has 0 aromatic heterocycles. The van der Waals surface area contributed by atoms with Crippen molar-refractivity contribution in [1.29, 1.82) is 0 Å². The Morgan fingerprint density at radius 2 is 1.16 bits per heavy atom. The van der Waals surface area contributed by atoms with Crippen molar-refractivity contribution >= 4 is 25.9 Å². The Balaban J connectivity index is 0. The zero-order chi connectivity index (χ0) is 13.4. The molecule has 9 nitrogen and oxygen atoms in total. The van der Waals surface area contributed by atoms with Crippen molar-refractivity contribution in [2.24, 2.45) is 0 Å². The first-order chi connectivity index (χ1) is 7.51. The quantitative estimate of drug-likeness (QED) is 0.229. The minimum absolute atomic E-state index is 0. The molecular formula is C6H3NNa2O8S2. The van der Waals surface area contributed by atoms with Gasteiger partial charge in [-0.1, -0.05) is 0 Å². The molecule has 0 fully saturated rings. The third-order valence-corrected chi connectivity index (χ3v) is 3.28. The van der Waals surface area contributed by atoms with Gasteiger partial charge in [-0.15, -0.1) is 0 Å². The number of nitro benzene ring substituents is 1. The topological polar surface area (TPSA) is 158 Å². The smallest absolute Gasteiger partial charge is 0.744 e. The van der Waals surface area contributed by atoms with Gasteiger partial charge >= 0.3 is 59.1 Å². The molecule has 0 heterocycles. The molecule has 0 saturated carbocycles. The van der Waals surface area contributed by atoms with Gasteiger partial charge in [0, 0.05) is 12.1 Å². The fraction of sp³-hybridized carbons (Fsp3) is 0. The van der Waals surface area contributed by atoms with Gasteiger partial charge in [0.1, 0.15) is 20.2 Å². The van der Waals surface area contributed by atoms with Crippen LogP contribution in [0.4, 0.5) is 5.69 Å². The van der Waals surface area contributed by atoms with E-state index in [1.807, 2.05) is 0 Å². The van der Waals surface area contributed by atoms with Crippen LogP contribution in [0.5, 0.6) is 0 Å². The predicted molar refractivity (Wildman–Crippen MR) is 49.0 cm³/mol. The van der Waals surface area contributed by atoms with Crippen LogP contribution in [0.2, 0.25) is 0 Å². The Hall–Kier alpha value is 0.440. The SMILES string of the molecule is O=[N+]([O-])c1cc(S(=O)(=O)[O-])cc(S(=O)(=O)[O-])c1.[Na+].[Na+]. The van der Waals surface area contributed by atoms with Gasteiger partial charge in [-0.3, -0.25) is 10.1 Å². The fourth-order valence-electron chi connectivity index (χ4n) is 0.951. The van der Waals surface area contributed by atoms with Crippen molar-refractivity contribution in [3.05, 3.63) is 28.3 Å². The number of hydrogen-bond acceptors (Lipinski definition) is 8. The van der Waals surface area contributed by atoms with Crippen LogP contribution in [0, 0.1) is 10.1 Å². The van der Waals surface area contributed by atoms with Crippen LogP contribution in [-0.4, -0.2) is 30.9 Å². The van der Waals surface area contributed by atoms with E-state index < -0.39 is 40.6 Å². The van der Waals surface area contributed by atoms with Gasteiger partial charge in [0.05, 0.1) is 14.7 Å². The summed E-state index contributed by atoms with van der Waals surface area (Å²) in [6.45, 7) is 0. The molecule has 1 aromatic rings. The van der Waals surface area contributed by atoms with Crippen LogP contribution in [-0.2, 0) is 20.2 Å². The summed E-state index contributed by atoms with van der Waals surface area (Å²) in [7, 11) is -10.2. The molecule has 0 saturated heterocycles. The maximum atomic E-state index is 10.6.